The van der Waals surface area contributed by atoms with Crippen LogP contribution < -0.4 is 42.5 Å². The minimum Gasteiger partial charge on any atom is -0.372 e. The van der Waals surface area contributed by atoms with Crippen molar-refractivity contribution in [2.45, 2.75) is 58.5 Å². The Morgan fingerprint density at radius 3 is 1.60 bits per heavy atom. The number of ketones is 2. The van der Waals surface area contributed by atoms with Crippen molar-refractivity contribution in [3.8, 4) is 6.07 Å². The number of carbonyl (C=O) groups is 6. The highest BCUT2D eigenvalue weighted by Gasteiger charge is 2.29. The Morgan fingerprint density at radius 2 is 1.17 bits per heavy atom. The molecule has 4 aromatic carbocycles. The van der Waals surface area contributed by atoms with Crippen LogP contribution in [0, 0.1) is 17.9 Å². The largest absolute Gasteiger partial charge is 0.372 e. The minimum atomic E-state index is -5.22. The number of carbonyl (C=O) groups excluding carboxylic acids is 6. The van der Waals surface area contributed by atoms with Crippen LogP contribution >= 0.6 is 34.4 Å². The predicted octanol–water partition coefficient (Wildman–Crippen LogP) is 12.2. The third-order valence-electron chi connectivity index (χ3n) is 12.8. The smallest absolute Gasteiger partial charge is 0.297 e. The molecular weight excluding hydrogens is 1220 g/mol. The van der Waals surface area contributed by atoms with E-state index in [0.717, 1.165) is 35.7 Å². The second-order valence-electron chi connectivity index (χ2n) is 18.6. The summed E-state index contributed by atoms with van der Waals surface area (Å²) in [5.41, 5.74) is 12.6. The number of hydrogen-bond acceptors (Lipinski definition) is 23. The van der Waals surface area contributed by atoms with Crippen LogP contribution in [-0.2, 0) is 29.3 Å². The van der Waals surface area contributed by atoms with Crippen LogP contribution in [-0.4, -0.2) is 95.0 Å². The molecule has 0 aliphatic rings. The first-order chi connectivity index (χ1) is 42.5. The number of nitrogens with two attached hydrogens (primary N) is 2. The number of hydrogen-bond donors (Lipinski definition) is 7. The Hall–Kier alpha value is -10.4. The van der Waals surface area contributed by atoms with Crippen molar-refractivity contribution < 1.29 is 41.7 Å². The molecule has 7 rings (SSSR count). The number of amides is 4. The van der Waals surface area contributed by atoms with Gasteiger partial charge in [-0.05, 0) is 138 Å². The van der Waals surface area contributed by atoms with E-state index in [1.165, 1.54) is 79.4 Å². The lowest BCUT2D eigenvalue weighted by Gasteiger charge is -2.22. The van der Waals surface area contributed by atoms with Crippen LogP contribution in [0.3, 0.4) is 0 Å². The molecule has 26 nitrogen and oxygen atoms in total. The summed E-state index contributed by atoms with van der Waals surface area (Å²) < 4.78 is 36.5. The van der Waals surface area contributed by atoms with Crippen LogP contribution in [0.2, 0.25) is 0 Å². The van der Waals surface area contributed by atoms with Gasteiger partial charge in [0.15, 0.2) is 21.7 Å². The molecule has 3 heterocycles. The molecule has 0 saturated carbocycles. The summed E-state index contributed by atoms with van der Waals surface area (Å²) >= 11 is 2.88. The zero-order chi connectivity index (χ0) is 64.7. The van der Waals surface area contributed by atoms with Gasteiger partial charge in [-0.25, -0.2) is 4.85 Å². The first-order valence-corrected chi connectivity index (χ1v) is 31.0. The zero-order valence-corrected chi connectivity index (χ0v) is 52.0. The van der Waals surface area contributed by atoms with Gasteiger partial charge in [-0.2, -0.15) is 33.7 Å². The fourth-order valence-electron chi connectivity index (χ4n) is 8.47. The number of thioether (sulfide) groups is 1. The molecule has 0 aliphatic carbocycles. The molecule has 7 aromatic rings. The van der Waals surface area contributed by atoms with Gasteiger partial charge in [0.2, 0.25) is 29.4 Å². The fraction of sp³-hybridized carbons (Fsp3) is 0.203. The molecule has 89 heavy (non-hydrogen) atoms. The maximum atomic E-state index is 13.5. The molecule has 3 aromatic heterocycles. The molecule has 0 unspecified atom stereocenters. The molecule has 0 bridgehead atoms. The molecule has 0 radical (unpaired) electrons. The highest BCUT2D eigenvalue weighted by molar-refractivity contribution is 7.99. The number of Topliss-reactive ketones (excluding diaryl/α,β-unsaturated/α-hetero) is 2. The predicted molar refractivity (Wildman–Crippen MR) is 345 cm³/mol. The summed E-state index contributed by atoms with van der Waals surface area (Å²) in [6, 6.07) is 25.3. The first-order valence-electron chi connectivity index (χ1n) is 27.0. The van der Waals surface area contributed by atoms with Gasteiger partial charge < -0.3 is 42.5 Å². The number of nitrogens with one attached hydrogen (secondary N) is 4. The van der Waals surface area contributed by atoms with Gasteiger partial charge in [-0.1, -0.05) is 30.8 Å². The highest BCUT2D eigenvalue weighted by atomic mass is 32.2. The first kappa shape index (κ1) is 66.2. The van der Waals surface area contributed by atoms with Gasteiger partial charge >= 0.3 is 0 Å². The van der Waals surface area contributed by atoms with Crippen molar-refractivity contribution in [1.29, 1.82) is 5.26 Å². The maximum absolute atomic E-state index is 13.5. The van der Waals surface area contributed by atoms with Crippen LogP contribution in [0.1, 0.15) is 84.5 Å². The van der Waals surface area contributed by atoms with Gasteiger partial charge in [0.25, 0.3) is 21.9 Å². The summed E-state index contributed by atoms with van der Waals surface area (Å²) in [7, 11) is -5.22. The molecule has 30 heteroatoms. The standard InChI is InChI=1S/C59H57N17O9S4/c1-9-75(10-2)38-20-22-44(71-73-55-43(31-60)50(89(83,84)85)49(88-55)30-42(33(7)78)54(82)65-37-19-15-17-35(25-37)52(62)80)46(26-38)66-57-68-58(70-59(69-57)86-13-5)67-47-27-39(76(11-3)12-4)21-23-45(47)72-74-56-48(63-8)29-40(87-56)28-41(32(6)77)53(81)64-36-18-14-16-34(24-36)51(61)79/h14-30H,9-13H2,1-7H3,(H2,61,79)(H2,62,80)(H,64,81)(H,65,82)(H,83,84,85)(H2,66,67,68,69,70)/b41-28+,42-30-,73-71?,74-72?. The number of benzene rings is 4. The van der Waals surface area contributed by atoms with E-state index in [-0.39, 0.29) is 67.0 Å². The number of thiophene rings is 2. The van der Waals surface area contributed by atoms with Crippen molar-refractivity contribution in [2.24, 2.45) is 31.9 Å². The van der Waals surface area contributed by atoms with E-state index in [0.29, 0.717) is 64.7 Å². The third kappa shape index (κ3) is 16.8. The molecule has 456 valence electrons. The molecule has 0 aliphatic heterocycles. The van der Waals surface area contributed by atoms with Gasteiger partial charge in [0.05, 0.1) is 34.0 Å². The number of anilines is 8. The minimum absolute atomic E-state index is 0.0274. The van der Waals surface area contributed by atoms with Crippen LogP contribution in [0.25, 0.3) is 17.0 Å². The molecule has 9 N–H and O–H groups in total. The molecule has 0 saturated heterocycles. The molecule has 4 amide bonds. The summed E-state index contributed by atoms with van der Waals surface area (Å²) in [5.74, 6) is -3.99. The topological polar surface area (TPSA) is 380 Å². The Kier molecular flexibility index (Phi) is 22.2. The summed E-state index contributed by atoms with van der Waals surface area (Å²) in [5, 5.41) is 39.9. The number of aromatic nitrogens is 3. The Labute approximate surface area is 523 Å². The van der Waals surface area contributed by atoms with Crippen LogP contribution in [0.5, 0.6) is 0 Å². The van der Waals surface area contributed by atoms with Crippen molar-refractivity contribution in [2.75, 3.05) is 63.0 Å². The number of rotatable bonds is 27. The zero-order valence-electron chi connectivity index (χ0n) is 48.8. The molecule has 0 atom stereocenters. The van der Waals surface area contributed by atoms with Gasteiger partial charge in [0.1, 0.15) is 32.9 Å². The van der Waals surface area contributed by atoms with Crippen molar-refractivity contribution in [3.05, 3.63) is 140 Å². The van der Waals surface area contributed by atoms with E-state index in [1.807, 2.05) is 46.8 Å². The lowest BCUT2D eigenvalue weighted by Crippen LogP contribution is -2.21. The average molecular weight is 1280 g/mol. The second-order valence-corrected chi connectivity index (χ2v) is 23.3. The third-order valence-corrected chi connectivity index (χ3v) is 16.6. The van der Waals surface area contributed by atoms with E-state index in [9.17, 15) is 47.0 Å². The monoisotopic (exact) mass is 1280 g/mol. The van der Waals surface area contributed by atoms with Gasteiger partial charge in [-0.15, -0.1) is 38.0 Å². The van der Waals surface area contributed by atoms with E-state index in [1.54, 1.807) is 30.3 Å². The quantitative estimate of drug-likeness (QED) is 0.00478. The van der Waals surface area contributed by atoms with Crippen LogP contribution in [0.15, 0.2) is 133 Å². The number of primary amides is 2. The molecule has 0 fully saturated rings. The SMILES string of the molecule is [C-]#[N+]c1cc(/C=C(\C(C)=O)C(=O)Nc2cccc(C(N)=O)c2)sc1N=Nc1ccc(N(CC)CC)cc1Nc1nc(Nc2cc(N(CC)CC)ccc2N=Nc2sc(/C=C(/C(C)=O)C(=O)Nc3cccc(C(N)=O)c3)c(S(=O)(=O)O)c2C#N)nc(SCC)n1. The summed E-state index contributed by atoms with van der Waals surface area (Å²) in [4.78, 5) is 97.2. The number of nitrogens with zero attached hydrogens (tertiary/aromatic N) is 11. The van der Waals surface area contributed by atoms with Crippen molar-refractivity contribution >= 4 is 165 Å². The Balaban J connectivity index is 1.26. The lowest BCUT2D eigenvalue weighted by molar-refractivity contribution is -0.120. The molecular formula is C59H57N17O9S4. The number of azo groups is 2. The van der Waals surface area contributed by atoms with E-state index in [4.69, 9.17) is 33.0 Å². The fourth-order valence-corrected chi connectivity index (χ4v) is 12.0. The second kappa shape index (κ2) is 29.8. The van der Waals surface area contributed by atoms with E-state index < -0.39 is 66.2 Å². The maximum Gasteiger partial charge on any atom is 0.297 e. The van der Waals surface area contributed by atoms with Crippen molar-refractivity contribution in [1.82, 2.24) is 15.0 Å². The van der Waals surface area contributed by atoms with Crippen LogP contribution in [0.4, 0.5) is 73.1 Å². The van der Waals surface area contributed by atoms with Gasteiger partial charge in [-0.3, -0.25) is 33.3 Å². The van der Waals surface area contributed by atoms with E-state index >= 15 is 0 Å². The Morgan fingerprint density at radius 1 is 0.685 bits per heavy atom. The summed E-state index contributed by atoms with van der Waals surface area (Å²) in [6.07, 6.45) is 2.24. The number of nitriles is 1. The normalized spacial score (nSPS) is 11.7. The van der Waals surface area contributed by atoms with Gasteiger partial charge in [0, 0.05) is 64.9 Å². The lowest BCUT2D eigenvalue weighted by atomic mass is 10.1. The summed E-state index contributed by atoms with van der Waals surface area (Å²) in [6.45, 7) is 22.6. The molecule has 0 spiro atoms. The van der Waals surface area contributed by atoms with Crippen molar-refractivity contribution in [3.63, 3.8) is 0 Å². The highest BCUT2D eigenvalue weighted by Crippen LogP contribution is 2.44. The Bertz CT molecular complexity index is 4270. The van der Waals surface area contributed by atoms with E-state index in [2.05, 4.69) is 56.4 Å². The average Bonchev–Trinajstić information content (AvgIpc) is 1.82.